The largest absolute Gasteiger partial charge is 0.378 e. The van der Waals surface area contributed by atoms with Gasteiger partial charge in [0.2, 0.25) is 5.95 Å². The maximum absolute atomic E-state index is 13.5. The highest BCUT2D eigenvalue weighted by atomic mass is 16.5. The van der Waals surface area contributed by atoms with E-state index in [1.165, 1.54) is 6.33 Å². The number of fused-ring (bicyclic) bond motifs is 2. The fourth-order valence-corrected chi connectivity index (χ4v) is 4.08. The van der Waals surface area contributed by atoms with Crippen molar-refractivity contribution in [2.24, 2.45) is 0 Å². The Hall–Kier alpha value is -3.19. The van der Waals surface area contributed by atoms with Crippen LogP contribution in [0, 0.1) is 0 Å². The molecular formula is C21H21N5O2. The maximum atomic E-state index is 13.5. The van der Waals surface area contributed by atoms with Gasteiger partial charge in [-0.15, -0.1) is 0 Å². The molecule has 1 aromatic heterocycles. The van der Waals surface area contributed by atoms with Gasteiger partial charge in [-0.2, -0.15) is 10.1 Å². The standard InChI is InChI=1S/C21H21N5O2/c1-14-18(20(27)25-9-11-28-12-10-25)19(26-21(24-14)22-13-23-26)17-8-4-6-15-5-2-3-7-16(15)17/h2-8,13,19H,9-12H2,1H3,(H,22,23,24). The summed E-state index contributed by atoms with van der Waals surface area (Å²) in [5, 5.41) is 9.94. The van der Waals surface area contributed by atoms with Gasteiger partial charge < -0.3 is 15.0 Å². The van der Waals surface area contributed by atoms with Crippen LogP contribution in [0.4, 0.5) is 5.95 Å². The van der Waals surface area contributed by atoms with Gasteiger partial charge in [0.05, 0.1) is 18.8 Å². The number of nitrogens with one attached hydrogen (secondary N) is 1. The van der Waals surface area contributed by atoms with E-state index in [4.69, 9.17) is 4.74 Å². The fourth-order valence-electron chi connectivity index (χ4n) is 4.08. The van der Waals surface area contributed by atoms with Crippen LogP contribution in [0.5, 0.6) is 0 Å². The molecule has 0 bridgehead atoms. The van der Waals surface area contributed by atoms with E-state index in [1.54, 1.807) is 0 Å². The van der Waals surface area contributed by atoms with Crippen molar-refractivity contribution < 1.29 is 9.53 Å². The number of benzene rings is 2. The Morgan fingerprint density at radius 3 is 2.79 bits per heavy atom. The van der Waals surface area contributed by atoms with Crippen LogP contribution in [0.3, 0.4) is 0 Å². The molecule has 1 saturated heterocycles. The van der Waals surface area contributed by atoms with Crippen molar-refractivity contribution in [3.8, 4) is 0 Å². The molecule has 0 aliphatic carbocycles. The second-order valence-corrected chi connectivity index (χ2v) is 7.07. The number of nitrogens with zero attached hydrogens (tertiary/aromatic N) is 4. The average Bonchev–Trinajstić information content (AvgIpc) is 3.20. The normalized spacial score (nSPS) is 19.5. The molecule has 28 heavy (non-hydrogen) atoms. The summed E-state index contributed by atoms with van der Waals surface area (Å²) in [4.78, 5) is 19.7. The molecule has 1 atom stereocenters. The minimum absolute atomic E-state index is 0.0207. The van der Waals surface area contributed by atoms with Crippen molar-refractivity contribution in [1.29, 1.82) is 0 Å². The van der Waals surface area contributed by atoms with E-state index < -0.39 is 0 Å². The molecule has 5 rings (SSSR count). The Morgan fingerprint density at radius 2 is 1.93 bits per heavy atom. The molecule has 3 aromatic rings. The van der Waals surface area contributed by atoms with E-state index in [0.29, 0.717) is 37.8 Å². The Kier molecular flexibility index (Phi) is 4.09. The van der Waals surface area contributed by atoms with Crippen molar-refractivity contribution in [1.82, 2.24) is 19.7 Å². The summed E-state index contributed by atoms with van der Waals surface area (Å²) in [5.74, 6) is 0.668. The Labute approximate surface area is 162 Å². The molecule has 3 heterocycles. The molecule has 1 amide bonds. The number of hydrogen-bond donors (Lipinski definition) is 1. The van der Waals surface area contributed by atoms with E-state index in [2.05, 4.69) is 39.7 Å². The van der Waals surface area contributed by atoms with Crippen LogP contribution in [0.25, 0.3) is 10.8 Å². The molecule has 7 heteroatoms. The second kappa shape index (κ2) is 6.76. The number of anilines is 1. The zero-order valence-corrected chi connectivity index (χ0v) is 15.6. The fraction of sp³-hybridized carbons (Fsp3) is 0.286. The van der Waals surface area contributed by atoms with Gasteiger partial charge in [-0.1, -0.05) is 42.5 Å². The predicted molar refractivity (Wildman–Crippen MR) is 106 cm³/mol. The molecule has 2 aliphatic heterocycles. The Bertz CT molecular complexity index is 1080. The summed E-state index contributed by atoms with van der Waals surface area (Å²) in [6.45, 7) is 4.27. The van der Waals surface area contributed by atoms with Crippen LogP contribution in [0.1, 0.15) is 18.5 Å². The van der Waals surface area contributed by atoms with Gasteiger partial charge >= 0.3 is 0 Å². The summed E-state index contributed by atoms with van der Waals surface area (Å²) in [6, 6.07) is 14.1. The lowest BCUT2D eigenvalue weighted by Gasteiger charge is -2.34. The van der Waals surface area contributed by atoms with Crippen LogP contribution >= 0.6 is 0 Å². The third-order valence-corrected chi connectivity index (χ3v) is 5.44. The van der Waals surface area contributed by atoms with Gasteiger partial charge in [0, 0.05) is 18.8 Å². The van der Waals surface area contributed by atoms with Crippen LogP contribution in [0.15, 0.2) is 60.1 Å². The van der Waals surface area contributed by atoms with Crippen molar-refractivity contribution in [3.63, 3.8) is 0 Å². The SMILES string of the molecule is CC1=C(C(=O)N2CCOCC2)C(c2cccc3ccccc23)n2ncnc2N1. The van der Waals surface area contributed by atoms with Crippen molar-refractivity contribution in [3.05, 3.63) is 65.6 Å². The lowest BCUT2D eigenvalue weighted by Crippen LogP contribution is -2.44. The number of morpholine rings is 1. The molecular weight excluding hydrogens is 354 g/mol. The topological polar surface area (TPSA) is 72.3 Å². The first-order chi connectivity index (χ1) is 13.7. The lowest BCUT2D eigenvalue weighted by molar-refractivity contribution is -0.131. The number of carbonyl (C=O) groups is 1. The van der Waals surface area contributed by atoms with E-state index >= 15 is 0 Å². The average molecular weight is 375 g/mol. The molecule has 7 nitrogen and oxygen atoms in total. The van der Waals surface area contributed by atoms with Crippen LogP contribution < -0.4 is 5.32 Å². The van der Waals surface area contributed by atoms with Crippen molar-refractivity contribution >= 4 is 22.6 Å². The highest BCUT2D eigenvalue weighted by Crippen LogP contribution is 2.38. The van der Waals surface area contributed by atoms with Gasteiger partial charge in [0.1, 0.15) is 12.4 Å². The number of rotatable bonds is 2. The summed E-state index contributed by atoms with van der Waals surface area (Å²) in [5.41, 5.74) is 2.56. The molecule has 1 unspecified atom stereocenters. The molecule has 1 N–H and O–H groups in total. The third-order valence-electron chi connectivity index (χ3n) is 5.44. The van der Waals surface area contributed by atoms with Gasteiger partial charge in [-0.3, -0.25) is 4.79 Å². The van der Waals surface area contributed by atoms with E-state index in [9.17, 15) is 4.79 Å². The summed E-state index contributed by atoms with van der Waals surface area (Å²) in [6.07, 6.45) is 1.52. The van der Waals surface area contributed by atoms with Crippen molar-refractivity contribution in [2.75, 3.05) is 31.6 Å². The number of carbonyl (C=O) groups excluding carboxylic acids is 1. The van der Waals surface area contributed by atoms with Gasteiger partial charge in [-0.05, 0) is 23.3 Å². The van der Waals surface area contributed by atoms with Gasteiger partial charge in [-0.25, -0.2) is 4.68 Å². The van der Waals surface area contributed by atoms with Crippen LogP contribution in [-0.2, 0) is 9.53 Å². The highest BCUT2D eigenvalue weighted by molar-refractivity contribution is 5.98. The zero-order chi connectivity index (χ0) is 19.1. The number of allylic oxidation sites excluding steroid dienone is 1. The van der Waals surface area contributed by atoms with Gasteiger partial charge in [0.15, 0.2) is 0 Å². The first-order valence-corrected chi connectivity index (χ1v) is 9.46. The van der Waals surface area contributed by atoms with E-state index in [0.717, 1.165) is 22.0 Å². The third kappa shape index (κ3) is 2.66. The number of ether oxygens (including phenoxy) is 1. The summed E-state index contributed by atoms with van der Waals surface area (Å²) in [7, 11) is 0. The molecule has 0 radical (unpaired) electrons. The summed E-state index contributed by atoms with van der Waals surface area (Å²) < 4.78 is 7.23. The summed E-state index contributed by atoms with van der Waals surface area (Å²) >= 11 is 0. The first-order valence-electron chi connectivity index (χ1n) is 9.46. The molecule has 2 aliphatic rings. The number of amides is 1. The quantitative estimate of drug-likeness (QED) is 0.745. The minimum atomic E-state index is -0.333. The van der Waals surface area contributed by atoms with Crippen molar-refractivity contribution in [2.45, 2.75) is 13.0 Å². The Balaban J connectivity index is 1.69. The zero-order valence-electron chi connectivity index (χ0n) is 15.6. The molecule has 0 spiro atoms. The van der Waals surface area contributed by atoms with E-state index in [1.807, 2.05) is 34.7 Å². The number of aromatic nitrogens is 3. The minimum Gasteiger partial charge on any atom is -0.378 e. The highest BCUT2D eigenvalue weighted by Gasteiger charge is 2.36. The molecule has 142 valence electrons. The second-order valence-electron chi connectivity index (χ2n) is 7.07. The molecule has 2 aromatic carbocycles. The lowest BCUT2D eigenvalue weighted by atomic mass is 9.91. The Morgan fingerprint density at radius 1 is 1.14 bits per heavy atom. The van der Waals surface area contributed by atoms with Crippen LogP contribution in [0.2, 0.25) is 0 Å². The van der Waals surface area contributed by atoms with E-state index in [-0.39, 0.29) is 11.9 Å². The number of hydrogen-bond acceptors (Lipinski definition) is 5. The molecule has 0 saturated carbocycles. The maximum Gasteiger partial charge on any atom is 0.254 e. The predicted octanol–water partition coefficient (Wildman–Crippen LogP) is 2.58. The monoisotopic (exact) mass is 375 g/mol. The first kappa shape index (κ1) is 16.9. The van der Waals surface area contributed by atoms with Gasteiger partial charge in [0.25, 0.3) is 5.91 Å². The molecule has 1 fully saturated rings. The van der Waals surface area contributed by atoms with Crippen LogP contribution in [-0.4, -0.2) is 51.9 Å². The smallest absolute Gasteiger partial charge is 0.254 e.